The van der Waals surface area contributed by atoms with Gasteiger partial charge in [-0.2, -0.15) is 5.10 Å². The third kappa shape index (κ3) is 2.99. The second kappa shape index (κ2) is 4.77. The van der Waals surface area contributed by atoms with Crippen molar-refractivity contribution in [2.75, 3.05) is 0 Å². The minimum Gasteiger partial charge on any atom is -0.273 e. The molecule has 0 saturated carbocycles. The molecule has 1 amide bonds. The van der Waals surface area contributed by atoms with Gasteiger partial charge in [0.1, 0.15) is 0 Å². The predicted molar refractivity (Wildman–Crippen MR) is 55.0 cm³/mol. The second-order valence-electron chi connectivity index (χ2n) is 2.56. The van der Waals surface area contributed by atoms with Gasteiger partial charge in [-0.1, -0.05) is 13.0 Å². The third-order valence-corrected chi connectivity index (χ3v) is 2.53. The van der Waals surface area contributed by atoms with E-state index >= 15 is 0 Å². The zero-order valence-electron chi connectivity index (χ0n) is 7.70. The van der Waals surface area contributed by atoms with Crippen LogP contribution >= 0.6 is 11.3 Å². The third-order valence-electron chi connectivity index (χ3n) is 1.55. The summed E-state index contributed by atoms with van der Waals surface area (Å²) in [7, 11) is 0. The summed E-state index contributed by atoms with van der Waals surface area (Å²) < 4.78 is 0. The molecule has 1 heterocycles. The summed E-state index contributed by atoms with van der Waals surface area (Å²) in [5.41, 5.74) is 3.32. The fourth-order valence-corrected chi connectivity index (χ4v) is 1.44. The highest BCUT2D eigenvalue weighted by Crippen LogP contribution is 2.08. The molecular weight excluding hydrogens is 184 g/mol. The van der Waals surface area contributed by atoms with E-state index in [1.54, 1.807) is 18.3 Å². The van der Waals surface area contributed by atoms with E-state index in [-0.39, 0.29) is 5.91 Å². The van der Waals surface area contributed by atoms with Crippen LogP contribution in [0.25, 0.3) is 0 Å². The standard InChI is InChI=1S/C9H12N2OS/c1-3-9(12)11-10-7(2)8-5-4-6-13-8/h4-6H,3H2,1-2H3,(H,11,12)/b10-7+. The van der Waals surface area contributed by atoms with Crippen LogP contribution in [0.1, 0.15) is 25.1 Å². The number of carbonyl (C=O) groups is 1. The molecule has 4 heteroatoms. The van der Waals surface area contributed by atoms with Crippen molar-refractivity contribution in [1.82, 2.24) is 5.43 Å². The highest BCUT2D eigenvalue weighted by atomic mass is 32.1. The van der Waals surface area contributed by atoms with Crippen molar-refractivity contribution < 1.29 is 4.79 Å². The Morgan fingerprint density at radius 2 is 2.46 bits per heavy atom. The lowest BCUT2D eigenvalue weighted by molar-refractivity contribution is -0.120. The lowest BCUT2D eigenvalue weighted by Crippen LogP contribution is -2.17. The van der Waals surface area contributed by atoms with Crippen LogP contribution in [0.5, 0.6) is 0 Å². The minimum absolute atomic E-state index is 0.0593. The van der Waals surface area contributed by atoms with Gasteiger partial charge in [-0.05, 0) is 18.4 Å². The zero-order chi connectivity index (χ0) is 9.68. The van der Waals surface area contributed by atoms with Gasteiger partial charge in [0.2, 0.25) is 5.91 Å². The Bertz CT molecular complexity index is 303. The maximum atomic E-state index is 10.9. The van der Waals surface area contributed by atoms with Gasteiger partial charge in [0.25, 0.3) is 0 Å². The van der Waals surface area contributed by atoms with E-state index < -0.39 is 0 Å². The molecule has 0 saturated heterocycles. The Labute approximate surface area is 81.5 Å². The fourth-order valence-electron chi connectivity index (χ4n) is 0.765. The van der Waals surface area contributed by atoms with E-state index in [4.69, 9.17) is 0 Å². The molecule has 0 atom stereocenters. The van der Waals surface area contributed by atoms with E-state index in [1.807, 2.05) is 24.4 Å². The van der Waals surface area contributed by atoms with Crippen molar-refractivity contribution in [3.05, 3.63) is 22.4 Å². The zero-order valence-corrected chi connectivity index (χ0v) is 8.52. The number of nitrogens with zero attached hydrogens (tertiary/aromatic N) is 1. The largest absolute Gasteiger partial charge is 0.273 e. The number of rotatable bonds is 3. The second-order valence-corrected chi connectivity index (χ2v) is 3.51. The first kappa shape index (κ1) is 9.92. The van der Waals surface area contributed by atoms with Crippen molar-refractivity contribution in [2.24, 2.45) is 5.10 Å². The number of nitrogens with one attached hydrogen (secondary N) is 1. The molecule has 0 aliphatic rings. The lowest BCUT2D eigenvalue weighted by atomic mass is 10.3. The van der Waals surface area contributed by atoms with Crippen LogP contribution in [-0.4, -0.2) is 11.6 Å². The summed E-state index contributed by atoms with van der Waals surface area (Å²) in [6, 6.07) is 3.93. The van der Waals surface area contributed by atoms with Crippen molar-refractivity contribution in [1.29, 1.82) is 0 Å². The van der Waals surface area contributed by atoms with Gasteiger partial charge in [-0.25, -0.2) is 5.43 Å². The smallest absolute Gasteiger partial charge is 0.239 e. The Balaban J connectivity index is 2.57. The van der Waals surface area contributed by atoms with Crippen molar-refractivity contribution in [2.45, 2.75) is 20.3 Å². The van der Waals surface area contributed by atoms with Crippen LogP contribution in [0.2, 0.25) is 0 Å². The van der Waals surface area contributed by atoms with Crippen LogP contribution in [0, 0.1) is 0 Å². The number of hydrazone groups is 1. The molecule has 0 fully saturated rings. The molecule has 0 spiro atoms. The molecular formula is C9H12N2OS. The molecule has 3 nitrogen and oxygen atoms in total. The van der Waals surface area contributed by atoms with Gasteiger partial charge in [0, 0.05) is 11.3 Å². The predicted octanol–water partition coefficient (Wildman–Crippen LogP) is 2.00. The minimum atomic E-state index is -0.0593. The van der Waals surface area contributed by atoms with Crippen LogP contribution in [0.15, 0.2) is 22.6 Å². The van der Waals surface area contributed by atoms with Gasteiger partial charge < -0.3 is 0 Å². The van der Waals surface area contributed by atoms with Gasteiger partial charge >= 0.3 is 0 Å². The molecule has 0 radical (unpaired) electrons. The SMILES string of the molecule is CCC(=O)N/N=C(\C)c1cccs1. The molecule has 0 bridgehead atoms. The lowest BCUT2D eigenvalue weighted by Gasteiger charge is -1.97. The highest BCUT2D eigenvalue weighted by molar-refractivity contribution is 7.12. The van der Waals surface area contributed by atoms with E-state index in [0.717, 1.165) is 10.6 Å². The Morgan fingerprint density at radius 1 is 1.69 bits per heavy atom. The maximum Gasteiger partial charge on any atom is 0.239 e. The average molecular weight is 196 g/mol. The summed E-state index contributed by atoms with van der Waals surface area (Å²) in [5.74, 6) is -0.0593. The van der Waals surface area contributed by atoms with Gasteiger partial charge in [-0.3, -0.25) is 4.79 Å². The Hall–Kier alpha value is -1.16. The molecule has 0 aromatic carbocycles. The maximum absolute atomic E-state index is 10.9. The van der Waals surface area contributed by atoms with E-state index in [1.165, 1.54) is 0 Å². The summed E-state index contributed by atoms with van der Waals surface area (Å²) in [5, 5.41) is 5.95. The monoisotopic (exact) mass is 196 g/mol. The van der Waals surface area contributed by atoms with E-state index in [0.29, 0.717) is 6.42 Å². The van der Waals surface area contributed by atoms with Crippen LogP contribution in [-0.2, 0) is 4.79 Å². The van der Waals surface area contributed by atoms with Crippen molar-refractivity contribution in [3.63, 3.8) is 0 Å². The normalized spacial score (nSPS) is 11.4. The average Bonchev–Trinajstić information content (AvgIpc) is 2.66. The molecule has 13 heavy (non-hydrogen) atoms. The Morgan fingerprint density at radius 3 is 3.00 bits per heavy atom. The highest BCUT2D eigenvalue weighted by Gasteiger charge is 1.98. The number of amides is 1. The molecule has 0 aliphatic heterocycles. The quantitative estimate of drug-likeness (QED) is 0.583. The fraction of sp³-hybridized carbons (Fsp3) is 0.333. The number of carbonyl (C=O) groups excluding carboxylic acids is 1. The van der Waals surface area contributed by atoms with Crippen LogP contribution < -0.4 is 5.43 Å². The topological polar surface area (TPSA) is 41.5 Å². The molecule has 0 aliphatic carbocycles. The summed E-state index contributed by atoms with van der Waals surface area (Å²) in [6.45, 7) is 3.67. The van der Waals surface area contributed by atoms with E-state index in [9.17, 15) is 4.79 Å². The first-order chi connectivity index (χ1) is 6.24. The molecule has 1 aromatic heterocycles. The Kier molecular flexibility index (Phi) is 3.64. The number of thiophene rings is 1. The molecule has 1 rings (SSSR count). The molecule has 0 unspecified atom stereocenters. The number of hydrogen-bond acceptors (Lipinski definition) is 3. The summed E-state index contributed by atoms with van der Waals surface area (Å²) in [6.07, 6.45) is 0.460. The summed E-state index contributed by atoms with van der Waals surface area (Å²) in [4.78, 5) is 12.0. The molecule has 1 N–H and O–H groups in total. The van der Waals surface area contributed by atoms with Crippen LogP contribution in [0.4, 0.5) is 0 Å². The van der Waals surface area contributed by atoms with Crippen LogP contribution in [0.3, 0.4) is 0 Å². The van der Waals surface area contributed by atoms with Gasteiger partial charge in [-0.15, -0.1) is 11.3 Å². The van der Waals surface area contributed by atoms with Gasteiger partial charge in [0.05, 0.1) is 5.71 Å². The van der Waals surface area contributed by atoms with E-state index in [2.05, 4.69) is 10.5 Å². The summed E-state index contributed by atoms with van der Waals surface area (Å²) >= 11 is 1.61. The first-order valence-corrected chi connectivity index (χ1v) is 4.99. The number of hydrogen-bond donors (Lipinski definition) is 1. The molecule has 1 aromatic rings. The van der Waals surface area contributed by atoms with Crippen molar-refractivity contribution >= 4 is 23.0 Å². The van der Waals surface area contributed by atoms with Crippen molar-refractivity contribution in [3.8, 4) is 0 Å². The van der Waals surface area contributed by atoms with Gasteiger partial charge in [0.15, 0.2) is 0 Å². The molecule has 70 valence electrons. The first-order valence-electron chi connectivity index (χ1n) is 4.11.